The van der Waals surface area contributed by atoms with Crippen LogP contribution in [0.2, 0.25) is 0 Å². The second kappa shape index (κ2) is 11.9. The molecule has 178 valence electrons. The molecule has 2 heterocycles. The van der Waals surface area contributed by atoms with Gasteiger partial charge in [-0.05, 0) is 0 Å². The largest absolute Gasteiger partial charge is 0.394 e. The molecule has 2 saturated heterocycles. The van der Waals surface area contributed by atoms with Crippen molar-refractivity contribution in [2.75, 3.05) is 24.7 Å². The maximum atomic E-state index is 10.5. The molecule has 14 heteroatoms. The van der Waals surface area contributed by atoms with Crippen LogP contribution in [0.4, 0.5) is 0 Å². The van der Waals surface area contributed by atoms with Crippen LogP contribution in [0.1, 0.15) is 0 Å². The van der Waals surface area contributed by atoms with E-state index in [1.54, 1.807) is 0 Å². The molecule has 0 aromatic rings. The maximum absolute atomic E-state index is 10.5. The topological polar surface area (TPSA) is 210 Å². The molecule has 0 saturated carbocycles. The average molecular weight is 479 g/mol. The Hall–Kier alpha value is 0.220. The summed E-state index contributed by atoms with van der Waals surface area (Å²) in [4.78, 5) is 0. The second-order valence-corrected chi connectivity index (χ2v) is 8.65. The van der Waals surface area contributed by atoms with Crippen molar-refractivity contribution in [1.29, 1.82) is 0 Å². The van der Waals surface area contributed by atoms with Crippen LogP contribution in [-0.4, -0.2) is 143 Å². The van der Waals surface area contributed by atoms with Gasteiger partial charge in [0, 0.05) is 11.5 Å². The standard InChI is InChI=1S/C16H30O12S2/c17-1-7-9(21)10(22)12(24)15(26-7)28-14-8(2-18)27-16(13(25)11(14)23)30-4-6(20)5(19)3-29/h5-25,29H,1-4H2/t5?,6?,7-,8-,9-,10+,11-,12-,13-,14-,15-,16+/m1/s1. The van der Waals surface area contributed by atoms with Crippen molar-refractivity contribution in [3.63, 3.8) is 0 Å². The van der Waals surface area contributed by atoms with Crippen LogP contribution < -0.4 is 0 Å². The lowest BCUT2D eigenvalue weighted by molar-refractivity contribution is -0.338. The first kappa shape index (κ1) is 26.5. The quantitative estimate of drug-likeness (QED) is 0.141. The lowest BCUT2D eigenvalue weighted by Crippen LogP contribution is -2.64. The highest BCUT2D eigenvalue weighted by atomic mass is 32.2. The fraction of sp³-hybridized carbons (Fsp3) is 1.00. The summed E-state index contributed by atoms with van der Waals surface area (Å²) < 4.78 is 16.2. The number of ether oxygens (including phenoxy) is 3. The van der Waals surface area contributed by atoms with E-state index >= 15 is 0 Å². The Balaban J connectivity index is 2.04. The summed E-state index contributed by atoms with van der Waals surface area (Å²) in [5, 5.41) is 88.9. The third-order valence-electron chi connectivity index (χ3n) is 5.02. The Morgan fingerprint density at radius 1 is 0.800 bits per heavy atom. The van der Waals surface area contributed by atoms with E-state index in [1.165, 1.54) is 0 Å². The molecule has 0 bridgehead atoms. The Kier molecular flexibility index (Phi) is 10.5. The third-order valence-corrected chi connectivity index (χ3v) is 6.65. The summed E-state index contributed by atoms with van der Waals surface area (Å²) in [6.45, 7) is -1.33. The van der Waals surface area contributed by atoms with Gasteiger partial charge in [-0.2, -0.15) is 12.6 Å². The minimum atomic E-state index is -1.74. The first-order chi connectivity index (χ1) is 14.2. The smallest absolute Gasteiger partial charge is 0.187 e. The zero-order valence-corrected chi connectivity index (χ0v) is 17.6. The average Bonchev–Trinajstić information content (AvgIpc) is 2.75. The number of thiol groups is 1. The molecule has 0 aromatic heterocycles. The van der Waals surface area contributed by atoms with Crippen molar-refractivity contribution < 1.29 is 60.2 Å². The molecule has 0 radical (unpaired) electrons. The number of hydrogen-bond acceptors (Lipinski definition) is 14. The molecule has 2 unspecified atom stereocenters. The third kappa shape index (κ3) is 5.96. The van der Waals surface area contributed by atoms with Crippen LogP contribution in [0.25, 0.3) is 0 Å². The van der Waals surface area contributed by atoms with Gasteiger partial charge in [-0.15, -0.1) is 11.8 Å². The SMILES string of the molecule is OC[C@H]1O[C@H](O[C@H]2[C@H](O)[C@@H](O)[C@H](SCC(O)C(O)CS)O[C@@H]2CO)[C@H](O)[C@@H](O)[C@@H]1O. The molecule has 12 atom stereocenters. The summed E-state index contributed by atoms with van der Waals surface area (Å²) in [6.07, 6.45) is -15.9. The highest BCUT2D eigenvalue weighted by molar-refractivity contribution is 7.99. The van der Waals surface area contributed by atoms with E-state index in [-0.39, 0.29) is 11.5 Å². The normalized spacial score (nSPS) is 44.6. The van der Waals surface area contributed by atoms with Gasteiger partial charge in [-0.1, -0.05) is 0 Å². The number of hydrogen-bond donors (Lipinski definition) is 10. The number of thioether (sulfide) groups is 1. The first-order valence-corrected chi connectivity index (χ1v) is 11.0. The molecule has 0 aliphatic carbocycles. The predicted octanol–water partition coefficient (Wildman–Crippen LogP) is -5.00. The summed E-state index contributed by atoms with van der Waals surface area (Å²) in [5.41, 5.74) is -1.08. The molecule has 12 nitrogen and oxygen atoms in total. The zero-order chi connectivity index (χ0) is 22.6. The molecular formula is C16H30O12S2. The number of aliphatic hydroxyl groups excluding tert-OH is 9. The summed E-state index contributed by atoms with van der Waals surface area (Å²) in [5.74, 6) is -0.0285. The summed E-state index contributed by atoms with van der Waals surface area (Å²) in [6, 6.07) is 0. The van der Waals surface area contributed by atoms with Crippen molar-refractivity contribution in [2.24, 2.45) is 0 Å². The summed E-state index contributed by atoms with van der Waals surface area (Å²) in [7, 11) is 0. The fourth-order valence-electron chi connectivity index (χ4n) is 3.12. The molecule has 2 rings (SSSR count). The zero-order valence-electron chi connectivity index (χ0n) is 15.9. The monoisotopic (exact) mass is 478 g/mol. The Labute approximate surface area is 182 Å². The molecule has 0 spiro atoms. The summed E-state index contributed by atoms with van der Waals surface area (Å²) >= 11 is 4.78. The Morgan fingerprint density at radius 3 is 2.00 bits per heavy atom. The molecule has 0 amide bonds. The molecule has 2 aliphatic rings. The lowest BCUT2D eigenvalue weighted by Gasteiger charge is -2.46. The molecule has 2 aliphatic heterocycles. The fourth-order valence-corrected chi connectivity index (χ4v) is 4.55. The van der Waals surface area contributed by atoms with Gasteiger partial charge >= 0.3 is 0 Å². The van der Waals surface area contributed by atoms with Crippen molar-refractivity contribution in [3.05, 3.63) is 0 Å². The van der Waals surface area contributed by atoms with Gasteiger partial charge < -0.3 is 60.2 Å². The minimum Gasteiger partial charge on any atom is -0.394 e. The molecule has 0 aromatic carbocycles. The Bertz CT molecular complexity index is 515. The van der Waals surface area contributed by atoms with E-state index in [0.29, 0.717) is 0 Å². The van der Waals surface area contributed by atoms with Gasteiger partial charge in [0.05, 0.1) is 25.4 Å². The van der Waals surface area contributed by atoms with E-state index in [9.17, 15) is 46.0 Å². The van der Waals surface area contributed by atoms with Crippen molar-refractivity contribution in [2.45, 2.75) is 72.8 Å². The van der Waals surface area contributed by atoms with Crippen LogP contribution in [0.15, 0.2) is 0 Å². The highest BCUT2D eigenvalue weighted by Crippen LogP contribution is 2.33. The molecule has 9 N–H and O–H groups in total. The lowest BCUT2D eigenvalue weighted by atomic mass is 9.97. The van der Waals surface area contributed by atoms with Crippen molar-refractivity contribution >= 4 is 24.4 Å². The van der Waals surface area contributed by atoms with Crippen LogP contribution in [-0.2, 0) is 14.2 Å². The van der Waals surface area contributed by atoms with Gasteiger partial charge in [-0.25, -0.2) is 0 Å². The van der Waals surface area contributed by atoms with Gasteiger partial charge in [0.1, 0.15) is 54.3 Å². The van der Waals surface area contributed by atoms with Crippen LogP contribution in [0.5, 0.6) is 0 Å². The van der Waals surface area contributed by atoms with Crippen LogP contribution in [0.3, 0.4) is 0 Å². The van der Waals surface area contributed by atoms with Gasteiger partial charge in [0.25, 0.3) is 0 Å². The van der Waals surface area contributed by atoms with Gasteiger partial charge in [0.2, 0.25) is 0 Å². The highest BCUT2D eigenvalue weighted by Gasteiger charge is 2.50. The van der Waals surface area contributed by atoms with Crippen LogP contribution in [0, 0.1) is 0 Å². The van der Waals surface area contributed by atoms with Gasteiger partial charge in [0.15, 0.2) is 6.29 Å². The molecule has 2 fully saturated rings. The van der Waals surface area contributed by atoms with E-state index in [1.807, 2.05) is 0 Å². The van der Waals surface area contributed by atoms with E-state index in [4.69, 9.17) is 14.2 Å². The predicted molar refractivity (Wildman–Crippen MR) is 105 cm³/mol. The van der Waals surface area contributed by atoms with E-state index in [0.717, 1.165) is 11.8 Å². The Morgan fingerprint density at radius 2 is 1.43 bits per heavy atom. The number of rotatable bonds is 9. The van der Waals surface area contributed by atoms with E-state index < -0.39 is 86.0 Å². The number of aliphatic hydroxyl groups is 9. The maximum Gasteiger partial charge on any atom is 0.187 e. The van der Waals surface area contributed by atoms with Crippen LogP contribution >= 0.6 is 24.4 Å². The van der Waals surface area contributed by atoms with Crippen molar-refractivity contribution in [3.8, 4) is 0 Å². The van der Waals surface area contributed by atoms with Gasteiger partial charge in [-0.3, -0.25) is 0 Å². The van der Waals surface area contributed by atoms with E-state index in [2.05, 4.69) is 12.6 Å². The first-order valence-electron chi connectivity index (χ1n) is 9.33. The molecule has 30 heavy (non-hydrogen) atoms. The second-order valence-electron chi connectivity index (χ2n) is 7.16. The van der Waals surface area contributed by atoms with Crippen molar-refractivity contribution in [1.82, 2.24) is 0 Å². The molecular weight excluding hydrogens is 448 g/mol. The minimum absolute atomic E-state index is 0.0205.